The maximum atomic E-state index is 13.0. The highest BCUT2D eigenvalue weighted by Crippen LogP contribution is 2.32. The van der Waals surface area contributed by atoms with Gasteiger partial charge in [-0.3, -0.25) is 14.5 Å². The highest BCUT2D eigenvalue weighted by molar-refractivity contribution is 6.09. The third-order valence-electron chi connectivity index (χ3n) is 5.24. The lowest BCUT2D eigenvalue weighted by Gasteiger charge is -2.26. The normalized spacial score (nSPS) is 24.3. The molecule has 1 saturated heterocycles. The van der Waals surface area contributed by atoms with Crippen molar-refractivity contribution in [3.63, 3.8) is 0 Å². The number of rotatable bonds is 5. The van der Waals surface area contributed by atoms with Gasteiger partial charge in [0.1, 0.15) is 12.1 Å². The standard InChI is InChI=1S/C19H25N3O3/c1-2-19(14-9-5-3-6-10-14)17(24)22(18(25)21-19)13-16(23)20-15-11-7-4-8-12-15/h3,5-6,9-10,15H,2,4,7-8,11-13H2,1H3,(H,20,23)(H,21,25). The number of hydrogen-bond acceptors (Lipinski definition) is 3. The van der Waals surface area contributed by atoms with Crippen LogP contribution in [0.15, 0.2) is 30.3 Å². The van der Waals surface area contributed by atoms with Gasteiger partial charge in [0.15, 0.2) is 0 Å². The average Bonchev–Trinajstić information content (AvgIpc) is 2.88. The number of nitrogens with one attached hydrogen (secondary N) is 2. The minimum Gasteiger partial charge on any atom is -0.352 e. The molecule has 1 heterocycles. The zero-order valence-corrected chi connectivity index (χ0v) is 14.6. The van der Waals surface area contributed by atoms with Gasteiger partial charge >= 0.3 is 6.03 Å². The summed E-state index contributed by atoms with van der Waals surface area (Å²) in [5.74, 6) is -0.625. The second kappa shape index (κ2) is 7.25. The van der Waals surface area contributed by atoms with E-state index in [2.05, 4.69) is 10.6 Å². The fourth-order valence-corrected chi connectivity index (χ4v) is 3.80. The van der Waals surface area contributed by atoms with Crippen molar-refractivity contribution in [2.75, 3.05) is 6.54 Å². The Morgan fingerprint density at radius 3 is 2.52 bits per heavy atom. The molecule has 1 unspecified atom stereocenters. The molecule has 134 valence electrons. The van der Waals surface area contributed by atoms with Crippen LogP contribution in [-0.2, 0) is 15.1 Å². The predicted molar refractivity (Wildman–Crippen MR) is 93.7 cm³/mol. The number of amides is 4. The number of benzene rings is 1. The molecule has 0 bridgehead atoms. The van der Waals surface area contributed by atoms with E-state index < -0.39 is 11.6 Å². The number of imide groups is 1. The van der Waals surface area contributed by atoms with Gasteiger partial charge in [0.25, 0.3) is 5.91 Å². The monoisotopic (exact) mass is 343 g/mol. The summed E-state index contributed by atoms with van der Waals surface area (Å²) in [7, 11) is 0. The van der Waals surface area contributed by atoms with E-state index in [0.29, 0.717) is 6.42 Å². The topological polar surface area (TPSA) is 78.5 Å². The summed E-state index contributed by atoms with van der Waals surface area (Å²) >= 11 is 0. The Hall–Kier alpha value is -2.37. The van der Waals surface area contributed by atoms with E-state index >= 15 is 0 Å². The maximum Gasteiger partial charge on any atom is 0.325 e. The van der Waals surface area contributed by atoms with Crippen LogP contribution in [0.4, 0.5) is 4.79 Å². The third kappa shape index (κ3) is 3.38. The Labute approximate surface area is 148 Å². The fourth-order valence-electron chi connectivity index (χ4n) is 3.80. The summed E-state index contributed by atoms with van der Waals surface area (Å²) in [6.45, 7) is 1.63. The number of nitrogens with zero attached hydrogens (tertiary/aromatic N) is 1. The molecule has 1 aromatic rings. The molecular weight excluding hydrogens is 318 g/mol. The summed E-state index contributed by atoms with van der Waals surface area (Å²) in [4.78, 5) is 38.7. The summed E-state index contributed by atoms with van der Waals surface area (Å²) in [6.07, 6.45) is 5.80. The largest absolute Gasteiger partial charge is 0.352 e. The third-order valence-corrected chi connectivity index (χ3v) is 5.24. The average molecular weight is 343 g/mol. The van der Waals surface area contributed by atoms with Crippen LogP contribution in [0.25, 0.3) is 0 Å². The minimum atomic E-state index is -1.08. The molecule has 1 aliphatic carbocycles. The molecule has 0 aromatic heterocycles. The van der Waals surface area contributed by atoms with E-state index in [1.807, 2.05) is 37.3 Å². The van der Waals surface area contributed by atoms with Crippen LogP contribution in [0.5, 0.6) is 0 Å². The summed E-state index contributed by atoms with van der Waals surface area (Å²) in [5, 5.41) is 5.76. The molecule has 2 N–H and O–H groups in total. The smallest absolute Gasteiger partial charge is 0.325 e. The molecule has 4 amide bonds. The second-order valence-corrected chi connectivity index (χ2v) is 6.85. The van der Waals surface area contributed by atoms with Gasteiger partial charge in [0.05, 0.1) is 0 Å². The first kappa shape index (κ1) is 17.5. The molecule has 1 atom stereocenters. The lowest BCUT2D eigenvalue weighted by atomic mass is 9.87. The Morgan fingerprint density at radius 2 is 1.88 bits per heavy atom. The van der Waals surface area contributed by atoms with Gasteiger partial charge in [-0.05, 0) is 24.8 Å². The molecule has 6 nitrogen and oxygen atoms in total. The zero-order chi connectivity index (χ0) is 17.9. The number of urea groups is 1. The van der Waals surface area contributed by atoms with Crippen LogP contribution in [0.3, 0.4) is 0 Å². The van der Waals surface area contributed by atoms with Crippen LogP contribution in [0, 0.1) is 0 Å². The molecule has 1 saturated carbocycles. The van der Waals surface area contributed by atoms with E-state index in [4.69, 9.17) is 0 Å². The van der Waals surface area contributed by atoms with Crippen LogP contribution >= 0.6 is 0 Å². The number of hydrogen-bond donors (Lipinski definition) is 2. The molecule has 1 aromatic carbocycles. The van der Waals surface area contributed by atoms with Gasteiger partial charge in [-0.2, -0.15) is 0 Å². The number of carbonyl (C=O) groups is 3. The Bertz CT molecular complexity index is 655. The van der Waals surface area contributed by atoms with E-state index in [9.17, 15) is 14.4 Å². The van der Waals surface area contributed by atoms with Crippen molar-refractivity contribution in [1.29, 1.82) is 0 Å². The fraction of sp³-hybridized carbons (Fsp3) is 0.526. The second-order valence-electron chi connectivity index (χ2n) is 6.85. The van der Waals surface area contributed by atoms with Crippen molar-refractivity contribution in [3.05, 3.63) is 35.9 Å². The van der Waals surface area contributed by atoms with Crippen molar-refractivity contribution in [2.45, 2.75) is 57.0 Å². The Balaban J connectivity index is 1.71. The van der Waals surface area contributed by atoms with E-state index in [0.717, 1.165) is 36.1 Å². The van der Waals surface area contributed by atoms with Crippen molar-refractivity contribution in [3.8, 4) is 0 Å². The molecule has 2 aliphatic rings. The van der Waals surface area contributed by atoms with Crippen LogP contribution in [0.1, 0.15) is 51.0 Å². The van der Waals surface area contributed by atoms with E-state index in [-0.39, 0.29) is 24.4 Å². The van der Waals surface area contributed by atoms with Crippen LogP contribution in [-0.4, -0.2) is 35.3 Å². The molecule has 2 fully saturated rings. The zero-order valence-electron chi connectivity index (χ0n) is 14.6. The SMILES string of the molecule is CCC1(c2ccccc2)NC(=O)N(CC(=O)NC2CCCCC2)C1=O. The summed E-state index contributed by atoms with van der Waals surface area (Å²) in [5.41, 5.74) is -0.338. The van der Waals surface area contributed by atoms with Crippen molar-refractivity contribution < 1.29 is 14.4 Å². The summed E-state index contributed by atoms with van der Waals surface area (Å²) in [6, 6.07) is 8.85. The van der Waals surface area contributed by atoms with Gasteiger partial charge in [-0.25, -0.2) is 4.79 Å². The lowest BCUT2D eigenvalue weighted by Crippen LogP contribution is -2.46. The van der Waals surface area contributed by atoms with Gasteiger partial charge in [-0.1, -0.05) is 56.5 Å². The Kier molecular flexibility index (Phi) is 5.06. The Morgan fingerprint density at radius 1 is 1.20 bits per heavy atom. The molecule has 3 rings (SSSR count). The van der Waals surface area contributed by atoms with Crippen molar-refractivity contribution >= 4 is 17.8 Å². The lowest BCUT2D eigenvalue weighted by molar-refractivity contribution is -0.135. The summed E-state index contributed by atoms with van der Waals surface area (Å²) < 4.78 is 0. The van der Waals surface area contributed by atoms with Crippen molar-refractivity contribution in [1.82, 2.24) is 15.5 Å². The first-order chi connectivity index (χ1) is 12.1. The molecule has 1 aliphatic heterocycles. The van der Waals surface area contributed by atoms with E-state index in [1.165, 1.54) is 6.42 Å². The van der Waals surface area contributed by atoms with Crippen LogP contribution in [0.2, 0.25) is 0 Å². The molecular formula is C19H25N3O3. The minimum absolute atomic E-state index is 0.159. The van der Waals surface area contributed by atoms with Gasteiger partial charge in [0, 0.05) is 6.04 Å². The van der Waals surface area contributed by atoms with Crippen LogP contribution < -0.4 is 10.6 Å². The maximum absolute atomic E-state index is 13.0. The molecule has 0 radical (unpaired) electrons. The van der Waals surface area contributed by atoms with Crippen molar-refractivity contribution in [2.24, 2.45) is 0 Å². The van der Waals surface area contributed by atoms with E-state index in [1.54, 1.807) is 0 Å². The molecule has 0 spiro atoms. The first-order valence-corrected chi connectivity index (χ1v) is 9.06. The molecule has 6 heteroatoms. The highest BCUT2D eigenvalue weighted by Gasteiger charge is 2.51. The quantitative estimate of drug-likeness (QED) is 0.805. The predicted octanol–water partition coefficient (Wildman–Crippen LogP) is 2.29. The first-order valence-electron chi connectivity index (χ1n) is 9.06. The van der Waals surface area contributed by atoms with Gasteiger partial charge in [-0.15, -0.1) is 0 Å². The highest BCUT2D eigenvalue weighted by atomic mass is 16.2. The molecule has 25 heavy (non-hydrogen) atoms. The number of carbonyl (C=O) groups excluding carboxylic acids is 3. The van der Waals surface area contributed by atoms with Gasteiger partial charge in [0.2, 0.25) is 5.91 Å². The van der Waals surface area contributed by atoms with Gasteiger partial charge < -0.3 is 10.6 Å².